The van der Waals surface area contributed by atoms with Crippen molar-refractivity contribution in [1.82, 2.24) is 10.3 Å². The van der Waals surface area contributed by atoms with Gasteiger partial charge in [-0.3, -0.25) is 9.59 Å². The number of carbonyl (C=O) groups is 2. The zero-order valence-electron chi connectivity index (χ0n) is 12.0. The highest BCUT2D eigenvalue weighted by Gasteiger charge is 2.25. The fraction of sp³-hybridized carbons (Fsp3) is 0.533. The van der Waals surface area contributed by atoms with Crippen LogP contribution in [0.1, 0.15) is 38.2 Å². The number of carbonyl (C=O) groups excluding carboxylic acids is 2. The SMILES string of the molecule is Cc1cccnc1NC(=O)C(=O)NC1CCCCC1C. The van der Waals surface area contributed by atoms with E-state index in [0.29, 0.717) is 11.7 Å². The van der Waals surface area contributed by atoms with Crippen LogP contribution in [0.25, 0.3) is 0 Å². The van der Waals surface area contributed by atoms with Gasteiger partial charge in [0.25, 0.3) is 0 Å². The van der Waals surface area contributed by atoms with E-state index in [4.69, 9.17) is 0 Å². The third kappa shape index (κ3) is 3.56. The molecule has 0 aromatic carbocycles. The van der Waals surface area contributed by atoms with Crippen LogP contribution in [-0.4, -0.2) is 22.8 Å². The molecule has 1 saturated carbocycles. The van der Waals surface area contributed by atoms with Crippen molar-refractivity contribution in [3.63, 3.8) is 0 Å². The molecule has 20 heavy (non-hydrogen) atoms. The van der Waals surface area contributed by atoms with E-state index in [1.165, 1.54) is 6.42 Å². The topological polar surface area (TPSA) is 71.1 Å². The highest BCUT2D eigenvalue weighted by atomic mass is 16.2. The molecule has 5 heteroatoms. The van der Waals surface area contributed by atoms with Crippen molar-refractivity contribution in [3.05, 3.63) is 23.9 Å². The fourth-order valence-corrected chi connectivity index (χ4v) is 2.55. The van der Waals surface area contributed by atoms with Crippen molar-refractivity contribution in [2.75, 3.05) is 5.32 Å². The van der Waals surface area contributed by atoms with Crippen LogP contribution in [-0.2, 0) is 9.59 Å². The molecule has 0 bridgehead atoms. The molecule has 5 nitrogen and oxygen atoms in total. The molecule has 0 aliphatic heterocycles. The van der Waals surface area contributed by atoms with Crippen molar-refractivity contribution in [1.29, 1.82) is 0 Å². The molecule has 2 rings (SSSR count). The summed E-state index contributed by atoms with van der Waals surface area (Å²) in [6.45, 7) is 3.95. The van der Waals surface area contributed by atoms with Gasteiger partial charge >= 0.3 is 11.8 Å². The largest absolute Gasteiger partial charge is 0.345 e. The van der Waals surface area contributed by atoms with Gasteiger partial charge in [0.2, 0.25) is 0 Å². The highest BCUT2D eigenvalue weighted by molar-refractivity contribution is 6.39. The van der Waals surface area contributed by atoms with Gasteiger partial charge in [0.15, 0.2) is 0 Å². The molecule has 2 atom stereocenters. The van der Waals surface area contributed by atoms with Gasteiger partial charge in [-0.15, -0.1) is 0 Å². The van der Waals surface area contributed by atoms with Gasteiger partial charge in [0.1, 0.15) is 5.82 Å². The van der Waals surface area contributed by atoms with E-state index < -0.39 is 11.8 Å². The summed E-state index contributed by atoms with van der Waals surface area (Å²) >= 11 is 0. The van der Waals surface area contributed by atoms with E-state index in [-0.39, 0.29) is 6.04 Å². The normalized spacial score (nSPS) is 22.1. The van der Waals surface area contributed by atoms with E-state index in [2.05, 4.69) is 22.5 Å². The minimum Gasteiger partial charge on any atom is -0.345 e. The Morgan fingerprint density at radius 1 is 1.25 bits per heavy atom. The Labute approximate surface area is 119 Å². The van der Waals surface area contributed by atoms with Gasteiger partial charge in [-0.1, -0.05) is 25.8 Å². The molecule has 1 aliphatic rings. The van der Waals surface area contributed by atoms with Gasteiger partial charge in [-0.05, 0) is 37.3 Å². The molecule has 1 aliphatic carbocycles. The number of nitrogens with zero attached hydrogens (tertiary/aromatic N) is 1. The number of aromatic nitrogens is 1. The number of hydrogen-bond acceptors (Lipinski definition) is 3. The molecule has 1 fully saturated rings. The molecule has 2 unspecified atom stereocenters. The monoisotopic (exact) mass is 275 g/mol. The molecule has 2 amide bonds. The second-order valence-electron chi connectivity index (χ2n) is 5.46. The van der Waals surface area contributed by atoms with Crippen LogP contribution in [0.3, 0.4) is 0 Å². The van der Waals surface area contributed by atoms with E-state index in [0.717, 1.165) is 24.8 Å². The first kappa shape index (κ1) is 14.5. The van der Waals surface area contributed by atoms with Gasteiger partial charge in [-0.2, -0.15) is 0 Å². The summed E-state index contributed by atoms with van der Waals surface area (Å²) in [5.74, 6) is -0.361. The molecule has 0 radical (unpaired) electrons. The lowest BCUT2D eigenvalue weighted by molar-refractivity contribution is -0.137. The molecular formula is C15H21N3O2. The number of rotatable bonds is 2. The third-order valence-electron chi connectivity index (χ3n) is 3.88. The first-order valence-corrected chi connectivity index (χ1v) is 7.11. The van der Waals surface area contributed by atoms with Crippen molar-refractivity contribution >= 4 is 17.6 Å². The minimum absolute atomic E-state index is 0.104. The number of nitrogens with one attached hydrogen (secondary N) is 2. The Kier molecular flexibility index (Phi) is 4.71. The van der Waals surface area contributed by atoms with E-state index in [1.807, 2.05) is 13.0 Å². The Hall–Kier alpha value is -1.91. The Morgan fingerprint density at radius 3 is 2.70 bits per heavy atom. The van der Waals surface area contributed by atoms with Crippen LogP contribution in [0.15, 0.2) is 18.3 Å². The van der Waals surface area contributed by atoms with Crippen LogP contribution >= 0.6 is 0 Å². The van der Waals surface area contributed by atoms with Crippen LogP contribution in [0.5, 0.6) is 0 Å². The lowest BCUT2D eigenvalue weighted by Crippen LogP contribution is -2.45. The maximum absolute atomic E-state index is 11.9. The van der Waals surface area contributed by atoms with Crippen molar-refractivity contribution in [3.8, 4) is 0 Å². The predicted octanol–water partition coefficient (Wildman–Crippen LogP) is 2.02. The Balaban J connectivity index is 1.92. The minimum atomic E-state index is -0.649. The predicted molar refractivity (Wildman–Crippen MR) is 77.2 cm³/mol. The fourth-order valence-electron chi connectivity index (χ4n) is 2.55. The van der Waals surface area contributed by atoms with E-state index >= 15 is 0 Å². The molecular weight excluding hydrogens is 254 g/mol. The molecule has 0 saturated heterocycles. The first-order valence-electron chi connectivity index (χ1n) is 7.11. The summed E-state index contributed by atoms with van der Waals surface area (Å²) in [4.78, 5) is 27.9. The van der Waals surface area contributed by atoms with E-state index in [9.17, 15) is 9.59 Å². The van der Waals surface area contributed by atoms with Crippen molar-refractivity contribution in [2.45, 2.75) is 45.6 Å². The summed E-state index contributed by atoms with van der Waals surface area (Å²) in [5, 5.41) is 5.38. The van der Waals surface area contributed by atoms with Gasteiger partial charge in [-0.25, -0.2) is 4.98 Å². The molecule has 1 heterocycles. The zero-order chi connectivity index (χ0) is 14.5. The summed E-state index contributed by atoms with van der Waals surface area (Å²) < 4.78 is 0. The lowest BCUT2D eigenvalue weighted by atomic mass is 9.86. The molecule has 1 aromatic heterocycles. The average Bonchev–Trinajstić information content (AvgIpc) is 2.43. The first-order chi connectivity index (χ1) is 9.58. The average molecular weight is 275 g/mol. The maximum Gasteiger partial charge on any atom is 0.314 e. The smallest absolute Gasteiger partial charge is 0.314 e. The van der Waals surface area contributed by atoms with Crippen LogP contribution in [0.4, 0.5) is 5.82 Å². The summed E-state index contributed by atoms with van der Waals surface area (Å²) in [6.07, 6.45) is 5.95. The molecule has 2 N–H and O–H groups in total. The number of anilines is 1. The highest BCUT2D eigenvalue weighted by Crippen LogP contribution is 2.23. The number of aryl methyl sites for hydroxylation is 1. The summed E-state index contributed by atoms with van der Waals surface area (Å²) in [7, 11) is 0. The third-order valence-corrected chi connectivity index (χ3v) is 3.88. The van der Waals surface area contributed by atoms with Crippen LogP contribution < -0.4 is 10.6 Å². The van der Waals surface area contributed by atoms with Crippen molar-refractivity contribution in [2.24, 2.45) is 5.92 Å². The second-order valence-corrected chi connectivity index (χ2v) is 5.46. The standard InChI is InChI=1S/C15H21N3O2/c1-10-6-3-4-8-12(10)17-14(19)15(20)18-13-11(2)7-5-9-16-13/h5,7,9-10,12H,3-4,6,8H2,1-2H3,(H,17,19)(H,16,18,20). The Morgan fingerprint density at radius 2 is 2.00 bits per heavy atom. The van der Waals surface area contributed by atoms with Gasteiger partial charge in [0.05, 0.1) is 0 Å². The maximum atomic E-state index is 11.9. The summed E-state index contributed by atoms with van der Waals surface area (Å²) in [5.41, 5.74) is 0.833. The summed E-state index contributed by atoms with van der Waals surface area (Å²) in [6, 6.07) is 3.73. The van der Waals surface area contributed by atoms with Gasteiger partial charge < -0.3 is 10.6 Å². The second kappa shape index (κ2) is 6.50. The quantitative estimate of drug-likeness (QED) is 0.811. The Bertz CT molecular complexity index is 502. The van der Waals surface area contributed by atoms with Crippen LogP contribution in [0, 0.1) is 12.8 Å². The number of hydrogen-bond donors (Lipinski definition) is 2. The molecule has 0 spiro atoms. The van der Waals surface area contributed by atoms with Gasteiger partial charge in [0, 0.05) is 12.2 Å². The lowest BCUT2D eigenvalue weighted by Gasteiger charge is -2.29. The molecule has 1 aromatic rings. The van der Waals surface area contributed by atoms with Crippen LogP contribution in [0.2, 0.25) is 0 Å². The zero-order valence-corrected chi connectivity index (χ0v) is 12.0. The number of amides is 2. The van der Waals surface area contributed by atoms with E-state index in [1.54, 1.807) is 12.3 Å². The van der Waals surface area contributed by atoms with Crippen molar-refractivity contribution < 1.29 is 9.59 Å². The molecule has 108 valence electrons. The number of pyridine rings is 1.